The molecule has 0 aliphatic carbocycles. The first-order chi connectivity index (χ1) is 22.3. The van der Waals surface area contributed by atoms with Crippen molar-refractivity contribution in [3.63, 3.8) is 0 Å². The minimum atomic E-state index is -4.76. The minimum Gasteiger partial charge on any atom is -0.462 e. The summed E-state index contributed by atoms with van der Waals surface area (Å²) in [7, 11) is -4.76. The molecule has 0 spiro atoms. The Kier molecular flexibility index (Phi) is 30.7. The quantitative estimate of drug-likeness (QED) is 0.0337. The molecule has 0 aromatic heterocycles. The van der Waals surface area contributed by atoms with Gasteiger partial charge in [-0.05, 0) is 77.0 Å². The Morgan fingerprint density at radius 1 is 0.565 bits per heavy atom. The van der Waals surface area contributed by atoms with E-state index in [4.69, 9.17) is 19.3 Å². The van der Waals surface area contributed by atoms with Crippen LogP contribution in [0.3, 0.4) is 0 Å². The van der Waals surface area contributed by atoms with Gasteiger partial charge in [0.25, 0.3) is 0 Å². The van der Waals surface area contributed by atoms with E-state index in [1.165, 1.54) is 0 Å². The summed E-state index contributed by atoms with van der Waals surface area (Å²) in [5, 5.41) is 0. The molecule has 0 bridgehead atoms. The van der Waals surface area contributed by atoms with Crippen molar-refractivity contribution in [2.45, 2.75) is 136 Å². The monoisotopic (exact) mass is 664 g/mol. The molecule has 2 N–H and O–H groups in total. The van der Waals surface area contributed by atoms with E-state index in [2.05, 4.69) is 91.3 Å². The first-order valence-corrected chi connectivity index (χ1v) is 18.8. The summed E-state index contributed by atoms with van der Waals surface area (Å²) in [6.07, 6.45) is 40.5. The predicted octanol–water partition coefficient (Wildman–Crippen LogP) is 9.95. The molecule has 262 valence electrons. The average molecular weight is 665 g/mol. The second-order valence-corrected chi connectivity index (χ2v) is 12.3. The number of rotatable bonds is 30. The van der Waals surface area contributed by atoms with Crippen LogP contribution in [0.5, 0.6) is 0 Å². The summed E-state index contributed by atoms with van der Waals surface area (Å²) in [5.74, 6) is -0.949. The van der Waals surface area contributed by atoms with E-state index in [0.717, 1.165) is 89.9 Å². The number of esters is 2. The second kappa shape index (κ2) is 32.4. The lowest BCUT2D eigenvalue weighted by molar-refractivity contribution is -0.161. The summed E-state index contributed by atoms with van der Waals surface area (Å²) in [5.41, 5.74) is 0. The standard InChI is InChI=1S/C37H61O8P/c1-3-5-7-9-11-13-15-17-18-20-21-23-25-27-29-31-36(38)43-33-35(34-44-46(40,41)42)45-37(39)32-30-28-26-24-22-19-16-14-12-10-8-6-4-2/h5-8,11-14,17-19,22,35H,3-4,9-10,15-16,20-21,23-34H2,1-2H3,(H2,40,41,42)/b7-5-,8-6-,13-11-,14-12-,18-17-,22-19-/t35-/m1/s1. The van der Waals surface area contributed by atoms with Gasteiger partial charge in [0.1, 0.15) is 6.61 Å². The van der Waals surface area contributed by atoms with Crippen LogP contribution in [0.4, 0.5) is 0 Å². The van der Waals surface area contributed by atoms with Crippen LogP contribution < -0.4 is 0 Å². The van der Waals surface area contributed by atoms with Gasteiger partial charge in [-0.25, -0.2) is 4.57 Å². The third-order valence-corrected chi connectivity index (χ3v) is 7.21. The molecule has 0 saturated heterocycles. The lowest BCUT2D eigenvalue weighted by Gasteiger charge is -2.18. The Morgan fingerprint density at radius 2 is 0.978 bits per heavy atom. The first-order valence-electron chi connectivity index (χ1n) is 17.2. The molecule has 0 amide bonds. The number of phosphoric acid groups is 1. The Bertz CT molecular complexity index is 974. The van der Waals surface area contributed by atoms with Crippen LogP contribution in [0.25, 0.3) is 0 Å². The van der Waals surface area contributed by atoms with Crippen LogP contribution in [-0.2, 0) is 28.2 Å². The van der Waals surface area contributed by atoms with E-state index in [-0.39, 0.29) is 19.4 Å². The van der Waals surface area contributed by atoms with Crippen molar-refractivity contribution in [2.75, 3.05) is 13.2 Å². The maximum absolute atomic E-state index is 12.3. The fraction of sp³-hybridized carbons (Fsp3) is 0.622. The summed E-state index contributed by atoms with van der Waals surface area (Å²) in [4.78, 5) is 42.6. The second-order valence-electron chi connectivity index (χ2n) is 11.1. The van der Waals surface area contributed by atoms with Gasteiger partial charge in [0.05, 0.1) is 6.61 Å². The molecule has 0 heterocycles. The zero-order valence-electron chi connectivity index (χ0n) is 28.4. The van der Waals surface area contributed by atoms with Crippen LogP contribution >= 0.6 is 7.82 Å². The third kappa shape index (κ3) is 34.4. The molecule has 0 unspecified atom stereocenters. The van der Waals surface area contributed by atoms with E-state index in [9.17, 15) is 14.2 Å². The molecule has 0 radical (unpaired) electrons. The molecule has 0 aliphatic heterocycles. The summed E-state index contributed by atoms with van der Waals surface area (Å²) >= 11 is 0. The van der Waals surface area contributed by atoms with Crippen molar-refractivity contribution in [1.29, 1.82) is 0 Å². The normalized spacial score (nSPS) is 13.4. The van der Waals surface area contributed by atoms with Gasteiger partial charge in [-0.15, -0.1) is 0 Å². The molecule has 9 heteroatoms. The van der Waals surface area contributed by atoms with Gasteiger partial charge >= 0.3 is 19.8 Å². The Labute approximate surface area is 279 Å². The average Bonchev–Trinajstić information content (AvgIpc) is 3.02. The smallest absolute Gasteiger partial charge is 0.462 e. The highest BCUT2D eigenvalue weighted by Crippen LogP contribution is 2.35. The Morgan fingerprint density at radius 3 is 1.48 bits per heavy atom. The van der Waals surface area contributed by atoms with Crippen molar-refractivity contribution >= 4 is 19.8 Å². The van der Waals surface area contributed by atoms with Gasteiger partial charge in [0, 0.05) is 12.8 Å². The van der Waals surface area contributed by atoms with Crippen LogP contribution in [0.15, 0.2) is 72.9 Å². The van der Waals surface area contributed by atoms with Gasteiger partial charge in [0.15, 0.2) is 6.10 Å². The number of hydrogen-bond donors (Lipinski definition) is 2. The van der Waals surface area contributed by atoms with E-state index in [1.54, 1.807) is 0 Å². The molecular weight excluding hydrogens is 603 g/mol. The molecule has 0 fully saturated rings. The van der Waals surface area contributed by atoms with E-state index < -0.39 is 32.5 Å². The lowest BCUT2D eigenvalue weighted by Crippen LogP contribution is -2.29. The van der Waals surface area contributed by atoms with Crippen molar-refractivity contribution < 1.29 is 37.9 Å². The van der Waals surface area contributed by atoms with Crippen LogP contribution in [0.2, 0.25) is 0 Å². The maximum atomic E-state index is 12.3. The van der Waals surface area contributed by atoms with Crippen molar-refractivity contribution in [3.05, 3.63) is 72.9 Å². The molecule has 8 nitrogen and oxygen atoms in total. The molecule has 0 aromatic rings. The van der Waals surface area contributed by atoms with E-state index in [0.29, 0.717) is 12.8 Å². The maximum Gasteiger partial charge on any atom is 0.469 e. The SMILES string of the molecule is CC/C=C\C/C=C\C/C=C\CCCCCCCC(=O)OC[C@H](COP(=O)(O)O)OC(=O)CCCCC/C=C\C/C=C\C/C=C\CC. The number of carbonyl (C=O) groups is 2. The highest BCUT2D eigenvalue weighted by molar-refractivity contribution is 7.46. The van der Waals surface area contributed by atoms with Gasteiger partial charge in [-0.2, -0.15) is 0 Å². The highest BCUT2D eigenvalue weighted by Gasteiger charge is 2.22. The van der Waals surface area contributed by atoms with Crippen LogP contribution in [0, 0.1) is 0 Å². The zero-order chi connectivity index (χ0) is 34.0. The number of carbonyl (C=O) groups excluding carboxylic acids is 2. The molecule has 0 saturated carbocycles. The fourth-order valence-electron chi connectivity index (χ4n) is 4.22. The van der Waals surface area contributed by atoms with Gasteiger partial charge in [0.2, 0.25) is 0 Å². The molecule has 46 heavy (non-hydrogen) atoms. The molecule has 0 rings (SSSR count). The first kappa shape index (κ1) is 43.5. The van der Waals surface area contributed by atoms with Crippen LogP contribution in [0.1, 0.15) is 129 Å². The molecular formula is C37H61O8P. The van der Waals surface area contributed by atoms with E-state index in [1.807, 2.05) is 0 Å². The fourth-order valence-corrected chi connectivity index (χ4v) is 4.58. The minimum absolute atomic E-state index is 0.169. The lowest BCUT2D eigenvalue weighted by atomic mass is 10.1. The zero-order valence-corrected chi connectivity index (χ0v) is 29.3. The van der Waals surface area contributed by atoms with Gasteiger partial charge < -0.3 is 19.3 Å². The van der Waals surface area contributed by atoms with Gasteiger partial charge in [-0.1, -0.05) is 112 Å². The van der Waals surface area contributed by atoms with Crippen molar-refractivity contribution in [1.82, 2.24) is 0 Å². The van der Waals surface area contributed by atoms with Crippen molar-refractivity contribution in [2.24, 2.45) is 0 Å². The molecule has 1 atom stereocenters. The topological polar surface area (TPSA) is 119 Å². The van der Waals surface area contributed by atoms with Gasteiger partial charge in [-0.3, -0.25) is 14.1 Å². The Balaban J connectivity index is 4.10. The number of ether oxygens (including phenoxy) is 2. The van der Waals surface area contributed by atoms with E-state index >= 15 is 0 Å². The Hall–Kier alpha value is -2.51. The number of allylic oxidation sites excluding steroid dienone is 12. The third-order valence-electron chi connectivity index (χ3n) is 6.72. The summed E-state index contributed by atoms with van der Waals surface area (Å²) in [6, 6.07) is 0. The summed E-state index contributed by atoms with van der Waals surface area (Å²) in [6.45, 7) is 3.38. The number of unbranched alkanes of at least 4 members (excludes halogenated alkanes) is 8. The number of hydrogen-bond acceptors (Lipinski definition) is 6. The number of phosphoric ester groups is 1. The molecule has 0 aromatic carbocycles. The van der Waals surface area contributed by atoms with Crippen LogP contribution in [-0.4, -0.2) is 41.0 Å². The van der Waals surface area contributed by atoms with Crippen molar-refractivity contribution in [3.8, 4) is 0 Å². The molecule has 0 aliphatic rings. The predicted molar refractivity (Wildman–Crippen MR) is 188 cm³/mol. The highest BCUT2D eigenvalue weighted by atomic mass is 31.2. The summed E-state index contributed by atoms with van der Waals surface area (Å²) < 4.78 is 26.2. The largest absolute Gasteiger partial charge is 0.469 e.